The van der Waals surface area contributed by atoms with Crippen molar-refractivity contribution in [1.82, 2.24) is 14.6 Å². The van der Waals surface area contributed by atoms with Gasteiger partial charge in [-0.05, 0) is 41.5 Å². The normalized spacial score (nSPS) is 19.2. The summed E-state index contributed by atoms with van der Waals surface area (Å²) in [6.45, 7) is -0.655. The maximum atomic E-state index is 13.0. The van der Waals surface area contributed by atoms with Gasteiger partial charge in [0.2, 0.25) is 0 Å². The van der Waals surface area contributed by atoms with Gasteiger partial charge >= 0.3 is 15.5 Å². The zero-order valence-electron chi connectivity index (χ0n) is 18.9. The number of hydrogen-bond acceptors (Lipinski definition) is 6. The van der Waals surface area contributed by atoms with Crippen molar-refractivity contribution >= 4 is 50.1 Å². The highest BCUT2D eigenvalue weighted by Crippen LogP contribution is 2.30. The van der Waals surface area contributed by atoms with E-state index in [0.717, 1.165) is 21.4 Å². The van der Waals surface area contributed by atoms with Crippen molar-refractivity contribution < 1.29 is 26.4 Å². The number of sulfonamides is 1. The van der Waals surface area contributed by atoms with Gasteiger partial charge in [-0.15, -0.1) is 11.3 Å². The Bertz CT molecular complexity index is 1620. The van der Waals surface area contributed by atoms with Crippen LogP contribution in [0.1, 0.15) is 22.6 Å². The van der Waals surface area contributed by atoms with Crippen molar-refractivity contribution in [2.45, 2.75) is 18.0 Å². The summed E-state index contributed by atoms with van der Waals surface area (Å²) < 4.78 is 63.0. The molecule has 3 heterocycles. The molecule has 0 radical (unpaired) electrons. The van der Waals surface area contributed by atoms with E-state index in [9.17, 15) is 26.4 Å². The molecule has 37 heavy (non-hydrogen) atoms. The summed E-state index contributed by atoms with van der Waals surface area (Å²) in [5.74, 6) is -0.526. The second kappa shape index (κ2) is 9.67. The van der Waals surface area contributed by atoms with Gasteiger partial charge in [0.15, 0.2) is 0 Å². The number of rotatable bonds is 5. The van der Waals surface area contributed by atoms with Crippen molar-refractivity contribution in [3.05, 3.63) is 91.9 Å². The minimum absolute atomic E-state index is 0.147. The molecule has 192 valence electrons. The summed E-state index contributed by atoms with van der Waals surface area (Å²) in [7, 11) is -5.43. The molecule has 0 bridgehead atoms. The van der Waals surface area contributed by atoms with Crippen molar-refractivity contribution in [3.63, 3.8) is 0 Å². The molecule has 2 aliphatic heterocycles. The van der Waals surface area contributed by atoms with Gasteiger partial charge in [0.1, 0.15) is 5.01 Å². The Morgan fingerprint density at radius 1 is 1.16 bits per heavy atom. The minimum atomic E-state index is -5.43. The van der Waals surface area contributed by atoms with E-state index in [0.29, 0.717) is 25.9 Å². The average Bonchev–Trinajstić information content (AvgIpc) is 3.53. The van der Waals surface area contributed by atoms with E-state index in [-0.39, 0.29) is 19.5 Å². The largest absolute Gasteiger partial charge is 0.511 e. The molecule has 0 aliphatic carbocycles. The molecule has 1 saturated heterocycles. The molecule has 0 unspecified atom stereocenters. The van der Waals surface area contributed by atoms with E-state index in [1.807, 2.05) is 29.6 Å². The van der Waals surface area contributed by atoms with Gasteiger partial charge in [0.25, 0.3) is 5.91 Å². The van der Waals surface area contributed by atoms with Crippen LogP contribution >= 0.6 is 22.9 Å². The number of halogens is 4. The van der Waals surface area contributed by atoms with Gasteiger partial charge in [-0.25, -0.2) is 18.4 Å². The van der Waals surface area contributed by atoms with Gasteiger partial charge in [-0.2, -0.15) is 17.5 Å². The Labute approximate surface area is 218 Å². The van der Waals surface area contributed by atoms with Crippen molar-refractivity contribution in [2.24, 2.45) is 4.99 Å². The Kier molecular flexibility index (Phi) is 6.69. The fraction of sp³-hybridized carbons (Fsp3) is 0.208. The predicted molar refractivity (Wildman–Crippen MR) is 133 cm³/mol. The molecule has 1 fully saturated rings. The third-order valence-electron chi connectivity index (χ3n) is 6.00. The van der Waals surface area contributed by atoms with E-state index < -0.39 is 27.5 Å². The Hall–Kier alpha value is -3.06. The van der Waals surface area contributed by atoms with Crippen molar-refractivity contribution in [1.29, 1.82) is 0 Å². The van der Waals surface area contributed by atoms with Crippen LogP contribution < -0.4 is 15.9 Å². The van der Waals surface area contributed by atoms with E-state index in [2.05, 4.69) is 15.3 Å². The molecule has 1 aromatic heterocycles. The number of fused-ring (bicyclic) bond motifs is 1. The highest BCUT2D eigenvalue weighted by atomic mass is 35.5. The summed E-state index contributed by atoms with van der Waals surface area (Å²) in [4.78, 5) is 20.8. The first-order valence-electron chi connectivity index (χ1n) is 11.0. The minimum Gasteiger partial charge on any atom is -0.380 e. The zero-order chi connectivity index (χ0) is 26.4. The van der Waals surface area contributed by atoms with Crippen LogP contribution in [0.5, 0.6) is 0 Å². The van der Waals surface area contributed by atoms with E-state index in [4.69, 9.17) is 11.6 Å². The first-order chi connectivity index (χ1) is 17.5. The molecule has 5 rings (SSSR count). The fourth-order valence-electron chi connectivity index (χ4n) is 4.28. The van der Waals surface area contributed by atoms with Crippen LogP contribution in [0, 0.1) is 0 Å². The highest BCUT2D eigenvalue weighted by Gasteiger charge is 2.51. The SMILES string of the molecule is O=C1C=C(N[C@@H]2CCN(S(=O)(=O)C(F)(F)F)C2)c2c/c(=C(/c3ccc(Cl)cc3)c3nccs3)ccc2=N1. The maximum Gasteiger partial charge on any atom is 0.511 e. The van der Waals surface area contributed by atoms with Crippen LogP contribution in [0.2, 0.25) is 5.02 Å². The average molecular weight is 567 g/mol. The molecule has 3 aromatic rings. The molecule has 1 amide bonds. The third kappa shape index (κ3) is 5.06. The Morgan fingerprint density at radius 3 is 2.59 bits per heavy atom. The second-order valence-electron chi connectivity index (χ2n) is 8.40. The third-order valence-corrected chi connectivity index (χ3v) is 8.63. The van der Waals surface area contributed by atoms with E-state index in [1.54, 1.807) is 24.4 Å². The van der Waals surface area contributed by atoms with Gasteiger partial charge in [0.05, 0.1) is 5.36 Å². The first kappa shape index (κ1) is 25.6. The molecule has 2 aliphatic rings. The van der Waals surface area contributed by atoms with Crippen molar-refractivity contribution in [2.75, 3.05) is 13.1 Å². The topological polar surface area (TPSA) is 91.7 Å². The molecular weight excluding hydrogens is 549 g/mol. The number of alkyl halides is 3. The Morgan fingerprint density at radius 2 is 1.92 bits per heavy atom. The summed E-state index contributed by atoms with van der Waals surface area (Å²) in [5, 5.41) is 7.44. The molecule has 0 saturated carbocycles. The predicted octanol–water partition coefficient (Wildman–Crippen LogP) is 3.06. The lowest BCUT2D eigenvalue weighted by atomic mass is 10.00. The first-order valence-corrected chi connectivity index (χ1v) is 13.7. The summed E-state index contributed by atoms with van der Waals surface area (Å²) in [5.41, 5.74) is -2.74. The Balaban J connectivity index is 1.54. The number of thiazole rings is 1. The van der Waals surface area contributed by atoms with E-state index in [1.165, 1.54) is 17.4 Å². The quantitative estimate of drug-likeness (QED) is 0.513. The molecule has 0 spiro atoms. The van der Waals surface area contributed by atoms with E-state index >= 15 is 0 Å². The number of nitrogens with zero attached hydrogens (tertiary/aromatic N) is 3. The summed E-state index contributed by atoms with van der Waals surface area (Å²) in [6, 6.07) is 12.0. The lowest BCUT2D eigenvalue weighted by molar-refractivity contribution is -0.113. The second-order valence-corrected chi connectivity index (χ2v) is 11.7. The number of benzene rings is 2. The number of carbonyl (C=O) groups excluding carboxylic acids is 1. The van der Waals surface area contributed by atoms with Gasteiger partial charge in [0, 0.05) is 58.6 Å². The number of hydrogen-bond donors (Lipinski definition) is 1. The van der Waals surface area contributed by atoms with Crippen LogP contribution in [0.3, 0.4) is 0 Å². The smallest absolute Gasteiger partial charge is 0.380 e. The van der Waals surface area contributed by atoms with Crippen LogP contribution in [-0.2, 0) is 14.8 Å². The number of aromatic nitrogens is 1. The van der Waals surface area contributed by atoms with Crippen LogP contribution in [0.15, 0.2) is 65.1 Å². The van der Waals surface area contributed by atoms with Gasteiger partial charge < -0.3 is 5.32 Å². The number of carbonyl (C=O) groups is 1. The highest BCUT2D eigenvalue weighted by molar-refractivity contribution is 7.90. The van der Waals surface area contributed by atoms with Crippen LogP contribution in [0.4, 0.5) is 13.2 Å². The molecule has 2 aromatic carbocycles. The van der Waals surface area contributed by atoms with Crippen LogP contribution in [0.25, 0.3) is 11.3 Å². The molecule has 7 nitrogen and oxygen atoms in total. The molecule has 1 N–H and O–H groups in total. The summed E-state index contributed by atoms with van der Waals surface area (Å²) >= 11 is 7.52. The van der Waals surface area contributed by atoms with Crippen LogP contribution in [-0.4, -0.2) is 48.3 Å². The van der Waals surface area contributed by atoms with Gasteiger partial charge in [-0.1, -0.05) is 29.8 Å². The number of nitrogens with one attached hydrogen (secondary N) is 1. The molecule has 1 atom stereocenters. The molecular formula is C24H18ClF3N4O3S2. The maximum absolute atomic E-state index is 13.0. The lowest BCUT2D eigenvalue weighted by Crippen LogP contribution is -2.41. The lowest BCUT2D eigenvalue weighted by Gasteiger charge is -2.21. The fourth-order valence-corrected chi connectivity index (χ4v) is 6.15. The summed E-state index contributed by atoms with van der Waals surface area (Å²) in [6.07, 6.45) is 3.10. The monoisotopic (exact) mass is 566 g/mol. The number of amides is 1. The molecule has 13 heteroatoms. The van der Waals surface area contributed by atoms with Crippen molar-refractivity contribution in [3.8, 4) is 0 Å². The zero-order valence-corrected chi connectivity index (χ0v) is 21.3. The van der Waals surface area contributed by atoms with Gasteiger partial charge in [-0.3, -0.25) is 4.79 Å². The standard InChI is InChI=1S/C24H18ClF3N4O3S2/c25-16-4-1-14(2-5-16)22(23-29-8-10-36-23)15-3-6-19-18(11-15)20(12-21(33)31-19)30-17-7-9-32(13-17)37(34,35)24(26,27)28/h1-6,8,10-12,17,30H,7,9,13H2/b22-15-/t17-/m1/s1.